The van der Waals surface area contributed by atoms with E-state index in [1.54, 1.807) is 25.5 Å². The van der Waals surface area contributed by atoms with Gasteiger partial charge in [0.1, 0.15) is 5.75 Å². The molecule has 3 aromatic rings. The van der Waals surface area contributed by atoms with Gasteiger partial charge in [-0.15, -0.1) is 5.10 Å². The molecule has 1 atom stereocenters. The molecule has 0 amide bonds. The average molecular weight is 568 g/mol. The predicted molar refractivity (Wildman–Crippen MR) is 157 cm³/mol. The van der Waals surface area contributed by atoms with Gasteiger partial charge in [0, 0.05) is 64.5 Å². The minimum absolute atomic E-state index is 0. The average Bonchev–Trinajstić information content (AvgIpc) is 3.57. The first-order valence-electron chi connectivity index (χ1n) is 13.4. The van der Waals surface area contributed by atoms with Gasteiger partial charge >= 0.3 is 0 Å². The van der Waals surface area contributed by atoms with Crippen LogP contribution >= 0.6 is 0 Å². The molecule has 1 unspecified atom stereocenters. The number of anilines is 2. The second kappa shape index (κ2) is 12.5. The van der Waals surface area contributed by atoms with Crippen LogP contribution in [-0.4, -0.2) is 44.0 Å². The van der Waals surface area contributed by atoms with Crippen molar-refractivity contribution in [1.82, 2.24) is 0 Å². The van der Waals surface area contributed by atoms with Crippen molar-refractivity contribution < 1.29 is 26.6 Å². The number of nitrogens with zero attached hydrogens (tertiary/aromatic N) is 4. The van der Waals surface area contributed by atoms with Crippen molar-refractivity contribution in [2.24, 2.45) is 10.2 Å². The molecule has 2 aliphatic rings. The summed E-state index contributed by atoms with van der Waals surface area (Å²) in [6, 6.07) is 24.6. The molecule has 1 fully saturated rings. The second-order valence-electron chi connectivity index (χ2n) is 10.1. The number of ether oxygens (including phenoxy) is 1. The number of aliphatic hydroxyl groups is 1. The summed E-state index contributed by atoms with van der Waals surface area (Å²) >= 11 is 0. The van der Waals surface area contributed by atoms with Gasteiger partial charge in [0.15, 0.2) is 0 Å². The van der Waals surface area contributed by atoms with Crippen LogP contribution in [0.5, 0.6) is 5.75 Å². The Morgan fingerprint density at radius 1 is 1.03 bits per heavy atom. The Balaban J connectivity index is 0.00000353. The molecule has 2 heterocycles. The summed E-state index contributed by atoms with van der Waals surface area (Å²) in [6.45, 7) is 7.56. The molecule has 0 saturated carbocycles. The maximum atomic E-state index is 10.3. The Kier molecular flexibility index (Phi) is 9.14. The summed E-state index contributed by atoms with van der Waals surface area (Å²) in [5, 5.41) is 18.5. The van der Waals surface area contributed by atoms with E-state index in [1.165, 1.54) is 35.3 Å². The molecule has 3 aromatic carbocycles. The smallest absolute Gasteiger partial charge is 0.238 e. The van der Waals surface area contributed by atoms with Crippen LogP contribution in [0.15, 0.2) is 94.8 Å². The number of benzene rings is 3. The van der Waals surface area contributed by atoms with Crippen LogP contribution in [0, 0.1) is 0 Å². The first kappa shape index (κ1) is 28.5. The molecular formula is C32H36CoN4O2. The zero-order valence-electron chi connectivity index (χ0n) is 22.8. The number of hydrogen-bond donors (Lipinski definition) is 1. The zero-order valence-corrected chi connectivity index (χ0v) is 23.8. The molecule has 205 valence electrons. The van der Waals surface area contributed by atoms with Crippen molar-refractivity contribution in [2.45, 2.75) is 38.5 Å². The van der Waals surface area contributed by atoms with Crippen molar-refractivity contribution in [3.05, 3.63) is 101 Å². The van der Waals surface area contributed by atoms with Crippen molar-refractivity contribution >= 4 is 23.5 Å². The van der Waals surface area contributed by atoms with E-state index in [2.05, 4.69) is 70.2 Å². The Labute approximate surface area is 241 Å². The van der Waals surface area contributed by atoms with E-state index in [-0.39, 0.29) is 28.1 Å². The van der Waals surface area contributed by atoms with Crippen LogP contribution in [0.25, 0.3) is 0 Å². The number of aliphatic hydroxyl groups excluding tert-OH is 1. The van der Waals surface area contributed by atoms with Gasteiger partial charge in [-0.05, 0) is 92.8 Å². The monoisotopic (exact) mass is 567 g/mol. The number of fused-ring (bicyclic) bond motifs is 1. The van der Waals surface area contributed by atoms with Gasteiger partial charge in [-0.1, -0.05) is 30.3 Å². The van der Waals surface area contributed by atoms with Crippen LogP contribution in [0.4, 0.5) is 11.4 Å². The number of rotatable bonds is 8. The second-order valence-corrected chi connectivity index (χ2v) is 10.1. The number of methoxy groups -OCH3 is 1. The van der Waals surface area contributed by atoms with Crippen LogP contribution in [0.2, 0.25) is 0 Å². The molecule has 39 heavy (non-hydrogen) atoms. The Morgan fingerprint density at radius 2 is 1.74 bits per heavy atom. The van der Waals surface area contributed by atoms with Gasteiger partial charge in [0.2, 0.25) is 5.90 Å². The maximum Gasteiger partial charge on any atom is 0.238 e. The Hall–Kier alpha value is -3.55. The van der Waals surface area contributed by atoms with Gasteiger partial charge in [-0.3, -0.25) is 0 Å². The maximum absolute atomic E-state index is 10.3. The summed E-state index contributed by atoms with van der Waals surface area (Å²) in [5.41, 5.74) is 6.48. The van der Waals surface area contributed by atoms with Crippen molar-refractivity contribution in [1.29, 1.82) is 0 Å². The standard InChI is InChI=1S/C32H36N4O2.Co/c1-4-36-29-17-16-27(38-3)22-28(29)32(2,23-24-12-14-26(15-13-24)35-20-8-9-21-35)30(36)18-19-33-34-31(37)25-10-6-5-7-11-25;/h5-7,10-19,22H,4,8-9,20-21,23H2,1-3H3,(H,34,37);/b30-18-,33-19+;. The Bertz CT molecular complexity index is 1350. The van der Waals surface area contributed by atoms with Crippen molar-refractivity contribution in [3.63, 3.8) is 0 Å². The quantitative estimate of drug-likeness (QED) is 0.192. The topological polar surface area (TPSA) is 60.7 Å². The molecule has 0 bridgehead atoms. The summed E-state index contributed by atoms with van der Waals surface area (Å²) in [6.07, 6.45) is 7.08. The molecule has 1 saturated heterocycles. The first-order chi connectivity index (χ1) is 18.5. The van der Waals surface area contributed by atoms with Crippen LogP contribution in [0.1, 0.15) is 43.4 Å². The fourth-order valence-electron chi connectivity index (χ4n) is 5.73. The van der Waals surface area contributed by atoms with Gasteiger partial charge < -0.3 is 19.6 Å². The van der Waals surface area contributed by atoms with Crippen LogP contribution in [0.3, 0.4) is 0 Å². The molecule has 0 aliphatic carbocycles. The van der Waals surface area contributed by atoms with E-state index in [1.807, 2.05) is 30.3 Å². The third-order valence-electron chi connectivity index (χ3n) is 7.71. The summed E-state index contributed by atoms with van der Waals surface area (Å²) in [4.78, 5) is 4.80. The molecule has 6 nitrogen and oxygen atoms in total. The van der Waals surface area contributed by atoms with E-state index in [0.717, 1.165) is 37.5 Å². The Morgan fingerprint density at radius 3 is 2.41 bits per heavy atom. The molecule has 0 aromatic heterocycles. The van der Waals surface area contributed by atoms with E-state index < -0.39 is 0 Å². The van der Waals surface area contributed by atoms with Crippen molar-refractivity contribution in [2.75, 3.05) is 36.5 Å². The van der Waals surface area contributed by atoms with E-state index >= 15 is 0 Å². The third kappa shape index (κ3) is 5.89. The fraction of sp³-hybridized carbons (Fsp3) is 0.312. The SMILES string of the molecule is CCN1\C(=C/C=N/N=C(\O)c2ccccc2)C(C)(Cc2ccc(N3CCCC3)cc2)c2cc(OC)ccc21.[Co]. The van der Waals surface area contributed by atoms with Gasteiger partial charge in [0.25, 0.3) is 0 Å². The minimum atomic E-state index is -0.299. The molecule has 2 aliphatic heterocycles. The van der Waals surface area contributed by atoms with Gasteiger partial charge in [-0.2, -0.15) is 5.10 Å². The van der Waals surface area contributed by atoms with Gasteiger partial charge in [0.05, 0.1) is 13.3 Å². The van der Waals surface area contributed by atoms with Crippen LogP contribution in [-0.2, 0) is 28.6 Å². The zero-order chi connectivity index (χ0) is 26.5. The molecule has 1 radical (unpaired) electrons. The summed E-state index contributed by atoms with van der Waals surface area (Å²) in [5.74, 6) is 0.746. The normalized spacial score (nSPS) is 20.0. The van der Waals surface area contributed by atoms with Gasteiger partial charge in [-0.25, -0.2) is 0 Å². The largest absolute Gasteiger partial charge is 0.497 e. The number of allylic oxidation sites excluding steroid dienone is 2. The van der Waals surface area contributed by atoms with Crippen LogP contribution < -0.4 is 14.5 Å². The molecular weight excluding hydrogens is 531 g/mol. The minimum Gasteiger partial charge on any atom is -0.497 e. The van der Waals surface area contributed by atoms with E-state index in [0.29, 0.717) is 5.56 Å². The summed E-state index contributed by atoms with van der Waals surface area (Å²) < 4.78 is 5.61. The molecule has 0 spiro atoms. The third-order valence-corrected chi connectivity index (χ3v) is 7.71. The van der Waals surface area contributed by atoms with E-state index in [9.17, 15) is 5.11 Å². The molecule has 7 heteroatoms. The first-order valence-corrected chi connectivity index (χ1v) is 13.4. The predicted octanol–water partition coefficient (Wildman–Crippen LogP) is 6.51. The fourth-order valence-corrected chi connectivity index (χ4v) is 5.73. The van der Waals surface area contributed by atoms with E-state index in [4.69, 9.17) is 4.74 Å². The number of hydrogen-bond acceptors (Lipinski definition) is 5. The summed E-state index contributed by atoms with van der Waals surface area (Å²) in [7, 11) is 1.71. The molecule has 5 rings (SSSR count). The number of likely N-dealkylation sites (N-methyl/N-ethyl adjacent to an activating group) is 1. The molecule has 1 N–H and O–H groups in total. The van der Waals surface area contributed by atoms with Crippen molar-refractivity contribution in [3.8, 4) is 5.75 Å².